The topological polar surface area (TPSA) is 74.9 Å². The van der Waals surface area contributed by atoms with Crippen molar-refractivity contribution in [2.24, 2.45) is 12.5 Å². The summed E-state index contributed by atoms with van der Waals surface area (Å²) >= 11 is 0. The molecule has 1 aromatic carbocycles. The number of nitrogens with zero attached hydrogens (tertiary/aromatic N) is 2. The predicted molar refractivity (Wildman–Crippen MR) is 106 cm³/mol. The lowest BCUT2D eigenvalue weighted by Gasteiger charge is -2.45. The van der Waals surface area contributed by atoms with Crippen LogP contribution in [0, 0.1) is 5.41 Å². The molecule has 27 heavy (non-hydrogen) atoms. The minimum Gasteiger partial charge on any atom is -0.396 e. The molecule has 2 atom stereocenters. The largest absolute Gasteiger partial charge is 0.396 e. The summed E-state index contributed by atoms with van der Waals surface area (Å²) in [4.78, 5) is 15.0. The van der Waals surface area contributed by atoms with Crippen molar-refractivity contribution in [1.82, 2.24) is 9.47 Å². The molecule has 0 unspecified atom stereocenters. The Labute approximate surface area is 160 Å². The van der Waals surface area contributed by atoms with Crippen LogP contribution >= 0.6 is 0 Å². The quantitative estimate of drug-likeness (QED) is 0.719. The monoisotopic (exact) mass is 374 g/mol. The molecule has 0 spiro atoms. The fraction of sp³-hybridized carbons (Fsp3) is 0.571. The van der Waals surface area contributed by atoms with Gasteiger partial charge in [-0.05, 0) is 36.8 Å². The van der Waals surface area contributed by atoms with Crippen molar-refractivity contribution in [2.75, 3.05) is 33.4 Å². The zero-order valence-electron chi connectivity index (χ0n) is 16.2. The molecule has 0 amide bonds. The standard InChI is InChI=1S/C21H30N2O4/c1-22-18-7-4-3-6-16(18)12-17(20(22)26)13-23-10-8-19(25)21(14-23,15-24)9-5-11-27-2/h3-4,6-7,12,19,24-25H,5,8-11,13-15H2,1-2H3/t19-,21+/m1/s1. The molecule has 1 aliphatic rings. The third-order valence-electron chi connectivity index (χ3n) is 5.90. The minimum absolute atomic E-state index is 0.00815. The van der Waals surface area contributed by atoms with Gasteiger partial charge in [-0.3, -0.25) is 9.69 Å². The molecular weight excluding hydrogens is 344 g/mol. The predicted octanol–water partition coefficient (Wildman–Crippen LogP) is 1.51. The number of aryl methyl sites for hydroxylation is 1. The molecule has 0 bridgehead atoms. The molecular formula is C21H30N2O4. The second-order valence-electron chi connectivity index (χ2n) is 7.72. The Morgan fingerprint density at radius 2 is 2.11 bits per heavy atom. The lowest BCUT2D eigenvalue weighted by Crippen LogP contribution is -2.53. The van der Waals surface area contributed by atoms with Gasteiger partial charge in [0.25, 0.3) is 5.56 Å². The van der Waals surface area contributed by atoms with E-state index in [0.29, 0.717) is 39.1 Å². The lowest BCUT2D eigenvalue weighted by atomic mass is 9.74. The van der Waals surface area contributed by atoms with Crippen LogP contribution in [0.5, 0.6) is 0 Å². The molecule has 148 valence electrons. The van der Waals surface area contributed by atoms with Crippen LogP contribution < -0.4 is 5.56 Å². The van der Waals surface area contributed by atoms with Crippen LogP contribution in [-0.2, 0) is 18.3 Å². The smallest absolute Gasteiger partial charge is 0.255 e. The second-order valence-corrected chi connectivity index (χ2v) is 7.72. The maximum Gasteiger partial charge on any atom is 0.255 e. The first-order valence-corrected chi connectivity index (χ1v) is 9.58. The van der Waals surface area contributed by atoms with Crippen LogP contribution in [0.25, 0.3) is 10.9 Å². The highest BCUT2D eigenvalue weighted by Gasteiger charge is 2.41. The molecule has 0 radical (unpaired) electrons. The molecule has 0 aliphatic carbocycles. The zero-order chi connectivity index (χ0) is 19.4. The number of fused-ring (bicyclic) bond motifs is 1. The van der Waals surface area contributed by atoms with Gasteiger partial charge in [-0.25, -0.2) is 0 Å². The summed E-state index contributed by atoms with van der Waals surface area (Å²) in [5.41, 5.74) is 1.12. The number of hydrogen-bond acceptors (Lipinski definition) is 5. The SMILES string of the molecule is COCCC[C@@]1(CO)CN(Cc2cc3ccccc3n(C)c2=O)CC[C@H]1O. The number of ether oxygens (including phenoxy) is 1. The Morgan fingerprint density at radius 1 is 1.33 bits per heavy atom. The molecule has 6 heteroatoms. The summed E-state index contributed by atoms with van der Waals surface area (Å²) in [7, 11) is 3.46. The maximum atomic E-state index is 12.8. The summed E-state index contributed by atoms with van der Waals surface area (Å²) in [5, 5.41) is 21.6. The second kappa shape index (κ2) is 8.52. The number of piperidine rings is 1. The number of hydrogen-bond donors (Lipinski definition) is 2. The number of methoxy groups -OCH3 is 1. The molecule has 1 aliphatic heterocycles. The van der Waals surface area contributed by atoms with Crippen molar-refractivity contribution in [1.29, 1.82) is 0 Å². The normalized spacial score (nSPS) is 23.8. The Kier molecular flexibility index (Phi) is 6.32. The van der Waals surface area contributed by atoms with Gasteiger partial charge in [-0.1, -0.05) is 18.2 Å². The van der Waals surface area contributed by atoms with E-state index in [0.717, 1.165) is 22.9 Å². The van der Waals surface area contributed by atoms with Gasteiger partial charge in [0.2, 0.25) is 0 Å². The average molecular weight is 374 g/mol. The summed E-state index contributed by atoms with van der Waals surface area (Å²) in [6.45, 7) is 2.35. The maximum absolute atomic E-state index is 12.8. The summed E-state index contributed by atoms with van der Waals surface area (Å²) < 4.78 is 6.82. The van der Waals surface area contributed by atoms with Crippen molar-refractivity contribution in [2.45, 2.75) is 31.9 Å². The fourth-order valence-electron chi connectivity index (χ4n) is 4.27. The summed E-state index contributed by atoms with van der Waals surface area (Å²) in [6, 6.07) is 9.84. The van der Waals surface area contributed by atoms with E-state index in [4.69, 9.17) is 4.74 Å². The van der Waals surface area contributed by atoms with E-state index < -0.39 is 11.5 Å². The van der Waals surface area contributed by atoms with Gasteiger partial charge in [-0.15, -0.1) is 0 Å². The summed E-state index contributed by atoms with van der Waals surface area (Å²) in [5.74, 6) is 0. The van der Waals surface area contributed by atoms with Crippen LogP contribution in [0.2, 0.25) is 0 Å². The van der Waals surface area contributed by atoms with Crippen molar-refractivity contribution >= 4 is 10.9 Å². The number of para-hydroxylation sites is 1. The third-order valence-corrected chi connectivity index (χ3v) is 5.90. The van der Waals surface area contributed by atoms with Gasteiger partial charge in [0.15, 0.2) is 0 Å². The van der Waals surface area contributed by atoms with Gasteiger partial charge < -0.3 is 19.5 Å². The van der Waals surface area contributed by atoms with Gasteiger partial charge >= 0.3 is 0 Å². The van der Waals surface area contributed by atoms with E-state index >= 15 is 0 Å². The molecule has 1 saturated heterocycles. The highest BCUT2D eigenvalue weighted by atomic mass is 16.5. The third kappa shape index (κ3) is 4.09. The number of pyridine rings is 1. The fourth-order valence-corrected chi connectivity index (χ4v) is 4.27. The van der Waals surface area contributed by atoms with E-state index in [1.807, 2.05) is 30.3 Å². The van der Waals surface area contributed by atoms with Crippen molar-refractivity contribution in [3.63, 3.8) is 0 Å². The van der Waals surface area contributed by atoms with Crippen molar-refractivity contribution in [3.05, 3.63) is 46.2 Å². The minimum atomic E-state index is -0.557. The van der Waals surface area contributed by atoms with E-state index in [-0.39, 0.29) is 12.2 Å². The Balaban J connectivity index is 1.82. The highest BCUT2D eigenvalue weighted by Crippen LogP contribution is 2.35. The Bertz CT molecular complexity index is 835. The van der Waals surface area contributed by atoms with Crippen LogP contribution in [0.4, 0.5) is 0 Å². The zero-order valence-corrected chi connectivity index (χ0v) is 16.2. The molecule has 6 nitrogen and oxygen atoms in total. The van der Waals surface area contributed by atoms with Gasteiger partial charge in [0.1, 0.15) is 0 Å². The van der Waals surface area contributed by atoms with Crippen molar-refractivity contribution in [3.8, 4) is 0 Å². The average Bonchev–Trinajstić information content (AvgIpc) is 2.68. The Morgan fingerprint density at radius 3 is 2.85 bits per heavy atom. The number of aliphatic hydroxyl groups is 2. The first kappa shape index (κ1) is 20.0. The highest BCUT2D eigenvalue weighted by molar-refractivity contribution is 5.79. The number of rotatable bonds is 7. The van der Waals surface area contributed by atoms with Gasteiger partial charge in [-0.2, -0.15) is 0 Å². The number of aliphatic hydroxyl groups excluding tert-OH is 2. The first-order valence-electron chi connectivity index (χ1n) is 9.58. The summed E-state index contributed by atoms with van der Waals surface area (Å²) in [6.07, 6.45) is 1.56. The number of benzene rings is 1. The van der Waals surface area contributed by atoms with Crippen LogP contribution in [0.1, 0.15) is 24.8 Å². The molecule has 0 saturated carbocycles. The van der Waals surface area contributed by atoms with Gasteiger partial charge in [0.05, 0.1) is 18.2 Å². The first-order chi connectivity index (χ1) is 13.0. The Hall–Kier alpha value is -1.73. The molecule has 1 fully saturated rings. The molecule has 1 aromatic heterocycles. The van der Waals surface area contributed by atoms with Crippen LogP contribution in [0.3, 0.4) is 0 Å². The molecule has 3 rings (SSSR count). The van der Waals surface area contributed by atoms with Crippen LogP contribution in [-0.4, -0.2) is 59.2 Å². The molecule has 2 N–H and O–H groups in total. The van der Waals surface area contributed by atoms with E-state index in [2.05, 4.69) is 4.90 Å². The van der Waals surface area contributed by atoms with Crippen LogP contribution in [0.15, 0.2) is 35.1 Å². The molecule has 2 aromatic rings. The lowest BCUT2D eigenvalue weighted by molar-refractivity contribution is -0.0844. The number of likely N-dealkylation sites (tertiary alicyclic amines) is 1. The van der Waals surface area contributed by atoms with E-state index in [1.54, 1.807) is 18.7 Å². The number of aromatic nitrogens is 1. The molecule has 2 heterocycles. The van der Waals surface area contributed by atoms with Crippen molar-refractivity contribution < 1.29 is 14.9 Å². The van der Waals surface area contributed by atoms with E-state index in [9.17, 15) is 15.0 Å². The van der Waals surface area contributed by atoms with E-state index in [1.165, 1.54) is 0 Å². The van der Waals surface area contributed by atoms with Gasteiger partial charge in [0, 0.05) is 51.4 Å².